The summed E-state index contributed by atoms with van der Waals surface area (Å²) in [6, 6.07) is 9.39. The highest BCUT2D eigenvalue weighted by Gasteiger charge is 2.25. The number of hydrogen-bond acceptors (Lipinski definition) is 5. The molecule has 144 valence electrons. The van der Waals surface area contributed by atoms with Gasteiger partial charge >= 0.3 is 0 Å². The lowest BCUT2D eigenvalue weighted by atomic mass is 9.96. The van der Waals surface area contributed by atoms with Gasteiger partial charge < -0.3 is 23.8 Å². The number of hydrogen-bond donors (Lipinski definition) is 0. The van der Waals surface area contributed by atoms with E-state index in [0.717, 1.165) is 23.1 Å². The molecule has 2 heterocycles. The van der Waals surface area contributed by atoms with Crippen LogP contribution in [0.4, 0.5) is 0 Å². The fraction of sp³-hybridized carbons (Fsp3) is 0.227. The van der Waals surface area contributed by atoms with Crippen LogP contribution in [0.5, 0.6) is 23.0 Å². The lowest BCUT2D eigenvalue weighted by Crippen LogP contribution is -2.33. The van der Waals surface area contributed by atoms with Crippen molar-refractivity contribution in [2.45, 2.75) is 6.42 Å². The molecule has 0 aromatic heterocycles. The van der Waals surface area contributed by atoms with Gasteiger partial charge in [0.2, 0.25) is 6.79 Å². The van der Waals surface area contributed by atoms with E-state index in [1.165, 1.54) is 0 Å². The number of rotatable bonds is 4. The number of nitrogens with zero attached hydrogens (tertiary/aromatic N) is 1. The van der Waals surface area contributed by atoms with Crippen LogP contribution in [0.2, 0.25) is 0 Å². The molecule has 2 aromatic carbocycles. The molecule has 0 unspecified atom stereocenters. The molecule has 6 nitrogen and oxygen atoms in total. The van der Waals surface area contributed by atoms with Gasteiger partial charge in [-0.2, -0.15) is 0 Å². The van der Waals surface area contributed by atoms with Crippen molar-refractivity contribution in [3.63, 3.8) is 0 Å². The Labute approximate surface area is 163 Å². The molecule has 28 heavy (non-hydrogen) atoms. The van der Waals surface area contributed by atoms with E-state index in [0.29, 0.717) is 35.2 Å². The van der Waals surface area contributed by atoms with Gasteiger partial charge in [-0.15, -0.1) is 0 Å². The maximum absolute atomic E-state index is 12.8. The SMILES string of the molecule is C=C1c2cc(OC)c(OC)cc2CCN1C(=O)C=Cc1ccc2c(c1)OCO2. The highest BCUT2D eigenvalue weighted by atomic mass is 16.7. The Morgan fingerprint density at radius 3 is 2.64 bits per heavy atom. The molecular formula is C22H21NO5. The Kier molecular flexibility index (Phi) is 4.69. The van der Waals surface area contributed by atoms with Gasteiger partial charge in [-0.25, -0.2) is 0 Å². The zero-order chi connectivity index (χ0) is 19.7. The van der Waals surface area contributed by atoms with E-state index in [2.05, 4.69) is 6.58 Å². The van der Waals surface area contributed by atoms with Crippen LogP contribution in [0.1, 0.15) is 16.7 Å². The van der Waals surface area contributed by atoms with E-state index in [1.807, 2.05) is 30.3 Å². The Bertz CT molecular complexity index is 979. The second kappa shape index (κ2) is 7.31. The molecule has 0 radical (unpaired) electrons. The predicted octanol–water partition coefficient (Wildman–Crippen LogP) is 3.50. The molecule has 0 N–H and O–H groups in total. The van der Waals surface area contributed by atoms with Crippen LogP contribution in [0.3, 0.4) is 0 Å². The van der Waals surface area contributed by atoms with Crippen molar-refractivity contribution in [1.82, 2.24) is 4.90 Å². The monoisotopic (exact) mass is 379 g/mol. The number of ether oxygens (including phenoxy) is 4. The number of fused-ring (bicyclic) bond motifs is 2. The molecule has 0 bridgehead atoms. The van der Waals surface area contributed by atoms with Crippen molar-refractivity contribution in [3.8, 4) is 23.0 Å². The molecule has 0 saturated heterocycles. The molecule has 2 aliphatic rings. The van der Waals surface area contributed by atoms with E-state index >= 15 is 0 Å². The maximum atomic E-state index is 12.8. The Morgan fingerprint density at radius 1 is 1.11 bits per heavy atom. The molecule has 2 aliphatic heterocycles. The fourth-order valence-corrected chi connectivity index (χ4v) is 3.43. The summed E-state index contributed by atoms with van der Waals surface area (Å²) in [5.74, 6) is 2.58. The molecule has 0 saturated carbocycles. The fourth-order valence-electron chi connectivity index (χ4n) is 3.43. The van der Waals surface area contributed by atoms with Crippen molar-refractivity contribution in [1.29, 1.82) is 0 Å². The second-order valence-electron chi connectivity index (χ2n) is 6.50. The number of carbonyl (C=O) groups is 1. The van der Waals surface area contributed by atoms with Crippen molar-refractivity contribution < 1.29 is 23.7 Å². The third kappa shape index (κ3) is 3.17. The van der Waals surface area contributed by atoms with Gasteiger partial charge in [0, 0.05) is 23.9 Å². The van der Waals surface area contributed by atoms with Crippen LogP contribution < -0.4 is 18.9 Å². The van der Waals surface area contributed by atoms with Crippen LogP contribution in [0, 0.1) is 0 Å². The van der Waals surface area contributed by atoms with E-state index < -0.39 is 0 Å². The van der Waals surface area contributed by atoms with Crippen molar-refractivity contribution in [2.24, 2.45) is 0 Å². The zero-order valence-electron chi connectivity index (χ0n) is 15.9. The van der Waals surface area contributed by atoms with E-state index in [4.69, 9.17) is 18.9 Å². The lowest BCUT2D eigenvalue weighted by molar-refractivity contribution is -0.123. The first-order chi connectivity index (χ1) is 13.6. The summed E-state index contributed by atoms with van der Waals surface area (Å²) >= 11 is 0. The first-order valence-electron chi connectivity index (χ1n) is 8.94. The molecule has 0 fully saturated rings. The van der Waals surface area contributed by atoms with E-state index in [-0.39, 0.29) is 12.7 Å². The van der Waals surface area contributed by atoms with Crippen molar-refractivity contribution in [3.05, 3.63) is 59.7 Å². The van der Waals surface area contributed by atoms with Crippen LogP contribution >= 0.6 is 0 Å². The summed E-state index contributed by atoms with van der Waals surface area (Å²) in [6.45, 7) is 4.92. The normalized spacial score (nSPS) is 14.9. The first-order valence-corrected chi connectivity index (χ1v) is 8.94. The topological polar surface area (TPSA) is 57.2 Å². The summed E-state index contributed by atoms with van der Waals surface area (Å²) in [4.78, 5) is 14.4. The maximum Gasteiger partial charge on any atom is 0.250 e. The highest BCUT2D eigenvalue weighted by Crippen LogP contribution is 2.37. The number of amides is 1. The molecule has 0 spiro atoms. The average Bonchev–Trinajstić information content (AvgIpc) is 3.19. The van der Waals surface area contributed by atoms with Crippen LogP contribution in [0.25, 0.3) is 11.8 Å². The van der Waals surface area contributed by atoms with Crippen molar-refractivity contribution in [2.75, 3.05) is 27.6 Å². The summed E-state index contributed by atoms with van der Waals surface area (Å²) in [5.41, 5.74) is 3.51. The Hall–Kier alpha value is -3.41. The standard InChI is InChI=1S/C22H21NO5/c1-14-17-12-20(26-3)19(25-2)11-16(17)8-9-23(14)22(24)7-5-15-4-6-18-21(10-15)28-13-27-18/h4-7,10-12H,1,8-9,13H2,2-3H3. The van der Waals surface area contributed by atoms with Crippen LogP contribution in [-0.2, 0) is 11.2 Å². The summed E-state index contributed by atoms with van der Waals surface area (Å²) < 4.78 is 21.4. The third-order valence-electron chi connectivity index (χ3n) is 4.93. The van der Waals surface area contributed by atoms with Gasteiger partial charge in [-0.3, -0.25) is 4.79 Å². The number of benzene rings is 2. The highest BCUT2D eigenvalue weighted by molar-refractivity contribution is 5.98. The van der Waals surface area contributed by atoms with Gasteiger partial charge in [-0.05, 0) is 47.9 Å². The first kappa shape index (κ1) is 18.0. The van der Waals surface area contributed by atoms with Gasteiger partial charge in [0.1, 0.15) is 0 Å². The molecular weight excluding hydrogens is 358 g/mol. The van der Waals surface area contributed by atoms with Gasteiger partial charge in [0.05, 0.1) is 14.2 Å². The van der Waals surface area contributed by atoms with Crippen LogP contribution in [0.15, 0.2) is 43.0 Å². The molecule has 6 heteroatoms. The van der Waals surface area contributed by atoms with Gasteiger partial charge in [0.25, 0.3) is 5.91 Å². The molecule has 2 aromatic rings. The summed E-state index contributed by atoms with van der Waals surface area (Å²) in [6.07, 6.45) is 4.04. The van der Waals surface area contributed by atoms with Gasteiger partial charge in [0.15, 0.2) is 23.0 Å². The minimum absolute atomic E-state index is 0.122. The third-order valence-corrected chi connectivity index (χ3v) is 4.93. The molecule has 0 aliphatic carbocycles. The number of methoxy groups -OCH3 is 2. The summed E-state index contributed by atoms with van der Waals surface area (Å²) in [5, 5.41) is 0. The number of carbonyl (C=O) groups excluding carboxylic acids is 1. The average molecular weight is 379 g/mol. The molecule has 1 amide bonds. The molecule has 0 atom stereocenters. The molecule has 4 rings (SSSR count). The van der Waals surface area contributed by atoms with E-state index in [1.54, 1.807) is 31.3 Å². The lowest BCUT2D eigenvalue weighted by Gasteiger charge is -2.30. The second-order valence-corrected chi connectivity index (χ2v) is 6.50. The van der Waals surface area contributed by atoms with Crippen LogP contribution in [-0.4, -0.2) is 38.4 Å². The van der Waals surface area contributed by atoms with Gasteiger partial charge in [-0.1, -0.05) is 12.6 Å². The minimum Gasteiger partial charge on any atom is -0.493 e. The van der Waals surface area contributed by atoms with Crippen molar-refractivity contribution >= 4 is 17.7 Å². The smallest absolute Gasteiger partial charge is 0.250 e. The van der Waals surface area contributed by atoms with E-state index in [9.17, 15) is 4.79 Å². The quantitative estimate of drug-likeness (QED) is 0.761. The Morgan fingerprint density at radius 2 is 1.86 bits per heavy atom. The summed E-state index contributed by atoms with van der Waals surface area (Å²) in [7, 11) is 3.20. The zero-order valence-corrected chi connectivity index (χ0v) is 15.9. The largest absolute Gasteiger partial charge is 0.493 e. The Balaban J connectivity index is 1.54. The predicted molar refractivity (Wildman–Crippen MR) is 106 cm³/mol. The minimum atomic E-state index is -0.122.